The first kappa shape index (κ1) is 19.5. The molecule has 2 saturated heterocycles. The number of hydrogen-bond acceptors (Lipinski definition) is 8. The summed E-state index contributed by atoms with van der Waals surface area (Å²) in [5, 5.41) is 24.3. The Hall–Kier alpha value is -2.27. The van der Waals surface area contributed by atoms with Crippen molar-refractivity contribution in [3.05, 3.63) is 34.4 Å². The number of ether oxygens (including phenoxy) is 4. The van der Waals surface area contributed by atoms with Gasteiger partial charge in [-0.2, -0.15) is 0 Å². The van der Waals surface area contributed by atoms with Gasteiger partial charge in [0.2, 0.25) is 12.2 Å². The van der Waals surface area contributed by atoms with Crippen molar-refractivity contribution in [1.29, 1.82) is 0 Å². The molecule has 27 heavy (non-hydrogen) atoms. The zero-order chi connectivity index (χ0) is 19.8. The number of rotatable bonds is 4. The lowest BCUT2D eigenvalue weighted by atomic mass is 9.95. The lowest BCUT2D eigenvalue weighted by molar-refractivity contribution is -0.385. The van der Waals surface area contributed by atoms with Crippen LogP contribution in [0.4, 0.5) is 5.69 Å². The van der Waals surface area contributed by atoms with Crippen LogP contribution in [0.1, 0.15) is 20.8 Å². The van der Waals surface area contributed by atoms with E-state index in [1.165, 1.54) is 31.2 Å². The summed E-state index contributed by atoms with van der Waals surface area (Å²) in [5.41, 5.74) is -0.149. The van der Waals surface area contributed by atoms with Gasteiger partial charge in [-0.25, -0.2) is 0 Å². The summed E-state index contributed by atoms with van der Waals surface area (Å²) in [6.07, 6.45) is -3.56. The summed E-state index contributed by atoms with van der Waals surface area (Å²) < 4.78 is 22.9. The molecule has 2 aliphatic rings. The van der Waals surface area contributed by atoms with Crippen LogP contribution in [0, 0.1) is 10.1 Å². The SMILES string of the molecule is CC(=O)N[C@@H]1[C@H](Oc2cccc([N+](=O)[O-])c2)O[C@@H]2COC(C)(C)O[C@H]2[C@@H]1O. The van der Waals surface area contributed by atoms with Crippen LogP contribution < -0.4 is 10.1 Å². The lowest BCUT2D eigenvalue weighted by Gasteiger charge is -2.49. The molecule has 148 valence electrons. The van der Waals surface area contributed by atoms with Crippen molar-refractivity contribution in [1.82, 2.24) is 5.32 Å². The van der Waals surface area contributed by atoms with E-state index in [9.17, 15) is 20.0 Å². The van der Waals surface area contributed by atoms with Crippen molar-refractivity contribution in [2.75, 3.05) is 6.61 Å². The molecule has 2 heterocycles. The second kappa shape index (κ2) is 7.39. The Morgan fingerprint density at radius 2 is 2.19 bits per heavy atom. The topological polar surface area (TPSA) is 129 Å². The average Bonchev–Trinajstić information content (AvgIpc) is 2.59. The minimum Gasteiger partial charge on any atom is -0.462 e. The first-order chi connectivity index (χ1) is 12.7. The highest BCUT2D eigenvalue weighted by atomic mass is 16.8. The molecule has 0 aliphatic carbocycles. The first-order valence-electron chi connectivity index (χ1n) is 8.50. The number of carbonyl (C=O) groups is 1. The molecule has 3 rings (SSSR count). The number of benzene rings is 1. The Morgan fingerprint density at radius 1 is 1.44 bits per heavy atom. The quantitative estimate of drug-likeness (QED) is 0.575. The van der Waals surface area contributed by atoms with Gasteiger partial charge in [-0.15, -0.1) is 0 Å². The Kier molecular flexibility index (Phi) is 5.33. The van der Waals surface area contributed by atoms with Gasteiger partial charge in [0.1, 0.15) is 30.1 Å². The second-order valence-electron chi connectivity index (χ2n) is 6.93. The van der Waals surface area contributed by atoms with Crippen LogP contribution in [-0.4, -0.2) is 59.0 Å². The number of fused-ring (bicyclic) bond motifs is 1. The molecule has 10 heteroatoms. The van der Waals surface area contributed by atoms with E-state index in [1.54, 1.807) is 13.8 Å². The van der Waals surface area contributed by atoms with E-state index in [0.717, 1.165) is 0 Å². The molecule has 10 nitrogen and oxygen atoms in total. The van der Waals surface area contributed by atoms with Gasteiger partial charge in [0.25, 0.3) is 5.69 Å². The van der Waals surface area contributed by atoms with Gasteiger partial charge < -0.3 is 29.4 Å². The van der Waals surface area contributed by atoms with Crippen LogP contribution in [-0.2, 0) is 19.0 Å². The number of amides is 1. The van der Waals surface area contributed by atoms with Gasteiger partial charge in [0.15, 0.2) is 5.79 Å². The molecular weight excluding hydrogens is 360 g/mol. The van der Waals surface area contributed by atoms with Crippen LogP contribution in [0.25, 0.3) is 0 Å². The fourth-order valence-corrected chi connectivity index (χ4v) is 3.14. The van der Waals surface area contributed by atoms with Crippen LogP contribution >= 0.6 is 0 Å². The summed E-state index contributed by atoms with van der Waals surface area (Å²) in [7, 11) is 0. The maximum atomic E-state index is 11.6. The van der Waals surface area contributed by atoms with Crippen molar-refractivity contribution in [3.8, 4) is 5.75 Å². The standard InChI is InChI=1S/C17H22N2O8/c1-9(20)18-13-14(21)15-12(8-24-17(2,3)27-15)26-16(13)25-11-6-4-5-10(7-11)19(22)23/h4-7,12-16,21H,8H2,1-3H3,(H,18,20)/t12-,13+,14-,15-,16-/m1/s1. The van der Waals surface area contributed by atoms with E-state index >= 15 is 0 Å². The number of nitro groups is 1. The predicted molar refractivity (Wildman–Crippen MR) is 90.9 cm³/mol. The van der Waals surface area contributed by atoms with E-state index in [-0.39, 0.29) is 24.0 Å². The molecule has 0 saturated carbocycles. The van der Waals surface area contributed by atoms with Crippen molar-refractivity contribution in [3.63, 3.8) is 0 Å². The van der Waals surface area contributed by atoms with E-state index in [1.807, 2.05) is 0 Å². The molecule has 0 radical (unpaired) electrons. The zero-order valence-corrected chi connectivity index (χ0v) is 15.2. The van der Waals surface area contributed by atoms with Crippen LogP contribution in [0.15, 0.2) is 24.3 Å². The third kappa shape index (κ3) is 4.35. The summed E-state index contributed by atoms with van der Waals surface area (Å²) in [5.74, 6) is -1.12. The molecule has 2 aliphatic heterocycles. The number of aliphatic hydroxyl groups excluding tert-OH is 1. The van der Waals surface area contributed by atoms with Crippen molar-refractivity contribution >= 4 is 11.6 Å². The predicted octanol–water partition coefficient (Wildman–Crippen LogP) is 0.716. The minimum absolute atomic E-state index is 0.149. The van der Waals surface area contributed by atoms with Crippen molar-refractivity contribution in [2.24, 2.45) is 0 Å². The third-order valence-electron chi connectivity index (χ3n) is 4.34. The highest BCUT2D eigenvalue weighted by molar-refractivity contribution is 5.73. The molecule has 5 atom stereocenters. The van der Waals surface area contributed by atoms with Crippen molar-refractivity contribution in [2.45, 2.75) is 57.2 Å². The molecule has 0 spiro atoms. The van der Waals surface area contributed by atoms with Crippen LogP contribution in [0.2, 0.25) is 0 Å². The van der Waals surface area contributed by atoms with Gasteiger partial charge in [0, 0.05) is 13.0 Å². The fourth-order valence-electron chi connectivity index (χ4n) is 3.14. The van der Waals surface area contributed by atoms with Crippen LogP contribution in [0.3, 0.4) is 0 Å². The molecule has 1 aromatic carbocycles. The number of non-ortho nitro benzene ring substituents is 1. The van der Waals surface area contributed by atoms with Gasteiger partial charge in [-0.05, 0) is 19.9 Å². The largest absolute Gasteiger partial charge is 0.462 e. The average molecular weight is 382 g/mol. The molecule has 0 bridgehead atoms. The van der Waals surface area contributed by atoms with Gasteiger partial charge in [-0.1, -0.05) is 6.07 Å². The highest BCUT2D eigenvalue weighted by Gasteiger charge is 2.52. The van der Waals surface area contributed by atoms with E-state index in [0.29, 0.717) is 0 Å². The fraction of sp³-hybridized carbons (Fsp3) is 0.588. The summed E-state index contributed by atoms with van der Waals surface area (Å²) in [6, 6.07) is 4.63. The molecule has 1 amide bonds. The van der Waals surface area contributed by atoms with E-state index in [2.05, 4.69) is 5.32 Å². The normalized spacial score (nSPS) is 32.2. The van der Waals surface area contributed by atoms with E-state index in [4.69, 9.17) is 18.9 Å². The smallest absolute Gasteiger partial charge is 0.273 e. The Labute approximate surface area is 155 Å². The molecule has 2 N–H and O–H groups in total. The Morgan fingerprint density at radius 3 is 2.85 bits per heavy atom. The highest BCUT2D eigenvalue weighted by Crippen LogP contribution is 2.33. The number of hydrogen-bond donors (Lipinski definition) is 2. The van der Waals surface area contributed by atoms with Gasteiger partial charge in [-0.3, -0.25) is 14.9 Å². The van der Waals surface area contributed by atoms with Crippen LogP contribution in [0.5, 0.6) is 5.75 Å². The van der Waals surface area contributed by atoms with Crippen molar-refractivity contribution < 1.29 is 33.8 Å². The summed E-state index contributed by atoms with van der Waals surface area (Å²) in [6.45, 7) is 4.90. The lowest BCUT2D eigenvalue weighted by Crippen LogP contribution is -2.69. The second-order valence-corrected chi connectivity index (χ2v) is 6.93. The Balaban J connectivity index is 1.83. The first-order valence-corrected chi connectivity index (χ1v) is 8.50. The minimum atomic E-state index is -1.13. The summed E-state index contributed by atoms with van der Waals surface area (Å²) in [4.78, 5) is 22.0. The van der Waals surface area contributed by atoms with Gasteiger partial charge >= 0.3 is 0 Å². The maximum Gasteiger partial charge on any atom is 0.273 e. The third-order valence-corrected chi connectivity index (χ3v) is 4.34. The summed E-state index contributed by atoms with van der Waals surface area (Å²) >= 11 is 0. The molecule has 2 fully saturated rings. The molecule has 0 aromatic heterocycles. The zero-order valence-electron chi connectivity index (χ0n) is 15.2. The van der Waals surface area contributed by atoms with E-state index < -0.39 is 41.4 Å². The molecule has 0 unspecified atom stereocenters. The molecule has 1 aromatic rings. The Bertz CT molecular complexity index is 725. The molecular formula is C17H22N2O8. The number of carbonyl (C=O) groups excluding carboxylic acids is 1. The number of nitrogens with one attached hydrogen (secondary N) is 1. The number of nitro benzene ring substituents is 1. The van der Waals surface area contributed by atoms with Gasteiger partial charge in [0.05, 0.1) is 17.6 Å². The maximum absolute atomic E-state index is 11.6. The number of aliphatic hydroxyl groups is 1. The number of nitrogens with zero attached hydrogens (tertiary/aromatic N) is 1. The monoisotopic (exact) mass is 382 g/mol.